The zero-order chi connectivity index (χ0) is 20.8. The Morgan fingerprint density at radius 2 is 1.52 bits per heavy atom. The van der Waals surface area contributed by atoms with Crippen LogP contribution in [0.1, 0.15) is 22.8 Å². The van der Waals surface area contributed by atoms with Gasteiger partial charge in [0.2, 0.25) is 0 Å². The van der Waals surface area contributed by atoms with Gasteiger partial charge in [-0.15, -0.1) is 0 Å². The summed E-state index contributed by atoms with van der Waals surface area (Å²) in [5.74, 6) is -0.342. The van der Waals surface area contributed by atoms with E-state index >= 15 is 0 Å². The summed E-state index contributed by atoms with van der Waals surface area (Å²) in [5.41, 5.74) is 2.85. The highest BCUT2D eigenvalue weighted by Gasteiger charge is 2.08. The lowest BCUT2D eigenvalue weighted by atomic mass is 10.1. The zero-order valence-corrected chi connectivity index (χ0v) is 17.1. The van der Waals surface area contributed by atoms with Crippen LogP contribution in [-0.4, -0.2) is 27.7 Å². The van der Waals surface area contributed by atoms with Crippen LogP contribution in [0.4, 0.5) is 0 Å². The first-order chi connectivity index (χ1) is 14.0. The average Bonchev–Trinajstić information content (AvgIpc) is 2.74. The summed E-state index contributed by atoms with van der Waals surface area (Å²) in [4.78, 5) is 19.8. The second kappa shape index (κ2) is 9.65. The first-order valence-corrected chi connectivity index (χ1v) is 9.64. The van der Waals surface area contributed by atoms with E-state index in [0.29, 0.717) is 27.7 Å². The molecule has 0 amide bonds. The van der Waals surface area contributed by atoms with Crippen LogP contribution in [-0.2, 0) is 11.3 Å². The predicted octanol–water partition coefficient (Wildman–Crippen LogP) is 5.45. The van der Waals surface area contributed by atoms with E-state index in [4.69, 9.17) is 33.0 Å². The quantitative estimate of drug-likeness (QED) is 0.439. The lowest BCUT2D eigenvalue weighted by Crippen LogP contribution is -2.04. The van der Waals surface area contributed by atoms with Crippen molar-refractivity contribution >= 4 is 51.0 Å². The molecule has 0 aliphatic rings. The molecule has 0 saturated carbocycles. The molecule has 0 unspecified atom stereocenters. The third kappa shape index (κ3) is 5.01. The molecule has 0 bridgehead atoms. The van der Waals surface area contributed by atoms with Crippen molar-refractivity contribution in [3.63, 3.8) is 0 Å². The first-order valence-electron chi connectivity index (χ1n) is 8.89. The number of hydrogen-bond acceptors (Lipinski definition) is 5. The van der Waals surface area contributed by atoms with Gasteiger partial charge in [0.25, 0.3) is 0 Å². The minimum absolute atomic E-state index is 0.0319. The van der Waals surface area contributed by atoms with Gasteiger partial charge >= 0.3 is 5.97 Å². The third-order valence-electron chi connectivity index (χ3n) is 4.14. The van der Waals surface area contributed by atoms with Crippen molar-refractivity contribution in [3.05, 3.63) is 82.1 Å². The molecule has 7 heteroatoms. The van der Waals surface area contributed by atoms with E-state index in [-0.39, 0.29) is 12.6 Å². The van der Waals surface area contributed by atoms with E-state index in [1.165, 1.54) is 0 Å². The summed E-state index contributed by atoms with van der Waals surface area (Å²) in [5, 5.41) is 12.0. The fraction of sp³-hybridized carbons (Fsp3) is 0.136. The summed E-state index contributed by atoms with van der Waals surface area (Å²) in [7, 11) is 0. The lowest BCUT2D eigenvalue weighted by molar-refractivity contribution is 0.0526. The summed E-state index contributed by atoms with van der Waals surface area (Å²) in [6.07, 6.45) is 3.27. The molecule has 0 aliphatic heterocycles. The molecule has 0 aliphatic carbocycles. The van der Waals surface area contributed by atoms with Crippen LogP contribution in [0.2, 0.25) is 10.0 Å². The van der Waals surface area contributed by atoms with Crippen molar-refractivity contribution in [2.75, 3.05) is 6.61 Å². The molecular weight excluding hydrogens is 411 g/mol. The Bertz CT molecular complexity index is 1170. The maximum Gasteiger partial charge on any atom is 0.338 e. The highest BCUT2D eigenvalue weighted by molar-refractivity contribution is 6.35. The number of benzene rings is 2. The highest BCUT2D eigenvalue weighted by atomic mass is 35.5. The number of aromatic nitrogens is 2. The molecule has 2 heterocycles. The molecule has 4 rings (SSSR count). The summed E-state index contributed by atoms with van der Waals surface area (Å²) in [6.45, 7) is 2.16. The predicted molar refractivity (Wildman–Crippen MR) is 115 cm³/mol. The second-order valence-corrected chi connectivity index (χ2v) is 6.86. The number of carbonyl (C=O) groups excluding carboxylic acids is 1. The standard InChI is InChI=1S/C12H10ClNO2.C10H8ClNO/c1-2-16-12(15)8-3-4-9-10(13)5-6-14-11(9)7-8;11-9-3-4-12-10-5-7(6-13)1-2-8(9)10/h3-7H,2H2,1H3;1-5,13H,6H2. The van der Waals surface area contributed by atoms with E-state index in [2.05, 4.69) is 9.97 Å². The minimum Gasteiger partial charge on any atom is -0.462 e. The van der Waals surface area contributed by atoms with Crippen molar-refractivity contribution < 1.29 is 14.6 Å². The van der Waals surface area contributed by atoms with Crippen LogP contribution in [0.15, 0.2) is 60.9 Å². The average molecular weight is 429 g/mol. The maximum absolute atomic E-state index is 11.5. The van der Waals surface area contributed by atoms with Gasteiger partial charge in [-0.25, -0.2) is 4.79 Å². The Labute approximate surface area is 177 Å². The molecular formula is C22H18Cl2N2O3. The molecule has 148 valence electrons. The van der Waals surface area contributed by atoms with Gasteiger partial charge in [-0.3, -0.25) is 9.97 Å². The van der Waals surface area contributed by atoms with Crippen LogP contribution >= 0.6 is 23.2 Å². The van der Waals surface area contributed by atoms with E-state index in [9.17, 15) is 4.79 Å². The number of rotatable bonds is 3. The number of aliphatic hydroxyl groups excluding tert-OH is 1. The Balaban J connectivity index is 0.000000169. The van der Waals surface area contributed by atoms with Gasteiger partial charge in [0.05, 0.1) is 39.9 Å². The highest BCUT2D eigenvalue weighted by Crippen LogP contribution is 2.23. The molecule has 0 radical (unpaired) electrons. The zero-order valence-electron chi connectivity index (χ0n) is 15.6. The lowest BCUT2D eigenvalue weighted by Gasteiger charge is -2.03. The minimum atomic E-state index is -0.342. The van der Waals surface area contributed by atoms with Crippen molar-refractivity contribution in [2.45, 2.75) is 13.5 Å². The normalized spacial score (nSPS) is 10.5. The maximum atomic E-state index is 11.5. The molecule has 2 aromatic carbocycles. The van der Waals surface area contributed by atoms with E-state index in [1.807, 2.05) is 18.2 Å². The number of aliphatic hydroxyl groups is 1. The van der Waals surface area contributed by atoms with Crippen LogP contribution in [0.3, 0.4) is 0 Å². The molecule has 2 aromatic heterocycles. The van der Waals surface area contributed by atoms with Gasteiger partial charge in [-0.1, -0.05) is 41.4 Å². The summed E-state index contributed by atoms with van der Waals surface area (Å²) >= 11 is 11.9. The molecule has 5 nitrogen and oxygen atoms in total. The summed E-state index contributed by atoms with van der Waals surface area (Å²) in [6, 6.07) is 14.2. The van der Waals surface area contributed by atoms with Crippen molar-refractivity contribution in [1.29, 1.82) is 0 Å². The Hall–Kier alpha value is -2.73. The number of hydrogen-bond donors (Lipinski definition) is 1. The van der Waals surface area contributed by atoms with Crippen LogP contribution < -0.4 is 0 Å². The summed E-state index contributed by atoms with van der Waals surface area (Å²) < 4.78 is 4.91. The van der Waals surface area contributed by atoms with E-state index in [0.717, 1.165) is 21.9 Å². The van der Waals surface area contributed by atoms with Crippen LogP contribution in [0.5, 0.6) is 0 Å². The van der Waals surface area contributed by atoms with Crippen molar-refractivity contribution in [3.8, 4) is 0 Å². The molecule has 4 aromatic rings. The molecule has 0 fully saturated rings. The smallest absolute Gasteiger partial charge is 0.338 e. The SMILES string of the molecule is CCOC(=O)c1ccc2c(Cl)ccnc2c1.OCc1ccc2c(Cl)ccnc2c1. The van der Waals surface area contributed by atoms with Crippen LogP contribution in [0.25, 0.3) is 21.8 Å². The Morgan fingerprint density at radius 3 is 2.10 bits per heavy atom. The topological polar surface area (TPSA) is 72.3 Å². The number of nitrogens with zero attached hydrogens (tertiary/aromatic N) is 2. The number of pyridine rings is 2. The van der Waals surface area contributed by atoms with Gasteiger partial charge in [0.1, 0.15) is 0 Å². The number of fused-ring (bicyclic) bond motifs is 2. The van der Waals surface area contributed by atoms with Gasteiger partial charge in [0.15, 0.2) is 0 Å². The van der Waals surface area contributed by atoms with Gasteiger partial charge in [0, 0.05) is 23.2 Å². The Kier molecular flexibility index (Phi) is 6.99. The number of halogens is 2. The fourth-order valence-corrected chi connectivity index (χ4v) is 3.14. The number of carbonyl (C=O) groups is 1. The van der Waals surface area contributed by atoms with Crippen molar-refractivity contribution in [2.24, 2.45) is 0 Å². The molecule has 1 N–H and O–H groups in total. The van der Waals surface area contributed by atoms with E-state index < -0.39 is 0 Å². The van der Waals surface area contributed by atoms with E-state index in [1.54, 1.807) is 49.6 Å². The molecule has 0 spiro atoms. The largest absolute Gasteiger partial charge is 0.462 e. The second-order valence-electron chi connectivity index (χ2n) is 6.05. The monoisotopic (exact) mass is 428 g/mol. The van der Waals surface area contributed by atoms with Crippen molar-refractivity contribution in [1.82, 2.24) is 9.97 Å². The van der Waals surface area contributed by atoms with Gasteiger partial charge in [-0.05, 0) is 42.8 Å². The number of ether oxygens (including phenoxy) is 1. The molecule has 0 saturated heterocycles. The number of esters is 1. The fourth-order valence-electron chi connectivity index (χ4n) is 2.71. The molecule has 29 heavy (non-hydrogen) atoms. The molecule has 0 atom stereocenters. The van der Waals surface area contributed by atoms with Crippen LogP contribution in [0, 0.1) is 0 Å². The first kappa shape index (κ1) is 21.0. The third-order valence-corrected chi connectivity index (χ3v) is 4.80. The van der Waals surface area contributed by atoms with Gasteiger partial charge < -0.3 is 9.84 Å². The Morgan fingerprint density at radius 1 is 0.931 bits per heavy atom. The van der Waals surface area contributed by atoms with Gasteiger partial charge in [-0.2, -0.15) is 0 Å².